The summed E-state index contributed by atoms with van der Waals surface area (Å²) in [7, 11) is 1.80. The van der Waals surface area contributed by atoms with E-state index in [9.17, 15) is 0 Å². The molecule has 0 spiro atoms. The van der Waals surface area contributed by atoms with Gasteiger partial charge in [0.25, 0.3) is 0 Å². The minimum Gasteiger partial charge on any atom is -0.356 e. The van der Waals surface area contributed by atoms with Gasteiger partial charge in [-0.15, -0.1) is 24.0 Å². The molecule has 0 aliphatic rings. The van der Waals surface area contributed by atoms with Crippen LogP contribution in [-0.2, 0) is 6.54 Å². The fraction of sp³-hybridized carbons (Fsp3) is 0.273. The van der Waals surface area contributed by atoms with Gasteiger partial charge in [-0.1, -0.05) is 55.0 Å². The first-order chi connectivity index (χ1) is 13.2. The van der Waals surface area contributed by atoms with E-state index < -0.39 is 0 Å². The first-order valence-electron chi connectivity index (χ1n) is 9.24. The monoisotopic (exact) mass is 489 g/mol. The maximum absolute atomic E-state index is 4.35. The summed E-state index contributed by atoms with van der Waals surface area (Å²) in [6.45, 7) is 5.85. The van der Waals surface area contributed by atoms with E-state index >= 15 is 0 Å². The number of benzene rings is 2. The molecule has 5 nitrogen and oxygen atoms in total. The minimum absolute atomic E-state index is 0. The van der Waals surface area contributed by atoms with Crippen molar-refractivity contribution in [1.29, 1.82) is 0 Å². The van der Waals surface area contributed by atoms with Gasteiger partial charge in [0.05, 0.1) is 12.0 Å². The quantitative estimate of drug-likeness (QED) is 0.309. The topological polar surface area (TPSA) is 54.2 Å². The molecule has 0 saturated heterocycles. The van der Waals surface area contributed by atoms with Gasteiger partial charge in [0.1, 0.15) is 0 Å². The van der Waals surface area contributed by atoms with Gasteiger partial charge in [0.15, 0.2) is 5.96 Å². The number of guanidine groups is 1. The summed E-state index contributed by atoms with van der Waals surface area (Å²) >= 11 is 0. The minimum atomic E-state index is 0. The predicted molar refractivity (Wildman–Crippen MR) is 127 cm³/mol. The molecule has 2 N–H and O–H groups in total. The second kappa shape index (κ2) is 10.8. The molecule has 0 bridgehead atoms. The lowest BCUT2D eigenvalue weighted by Gasteiger charge is -2.17. The molecule has 0 fully saturated rings. The van der Waals surface area contributed by atoms with Crippen LogP contribution in [0.1, 0.15) is 29.5 Å². The molecule has 0 aliphatic heterocycles. The van der Waals surface area contributed by atoms with Crippen molar-refractivity contribution in [2.45, 2.75) is 26.3 Å². The average molecular weight is 489 g/mol. The van der Waals surface area contributed by atoms with Crippen molar-refractivity contribution >= 4 is 29.9 Å². The van der Waals surface area contributed by atoms with Gasteiger partial charge in [-0.25, -0.2) is 4.98 Å². The highest BCUT2D eigenvalue weighted by atomic mass is 127. The van der Waals surface area contributed by atoms with Gasteiger partial charge in [-0.05, 0) is 30.0 Å². The third-order valence-corrected chi connectivity index (χ3v) is 4.67. The summed E-state index contributed by atoms with van der Waals surface area (Å²) in [5, 5.41) is 6.84. The fourth-order valence-corrected chi connectivity index (χ4v) is 2.98. The maximum atomic E-state index is 4.35. The largest absolute Gasteiger partial charge is 0.356 e. The summed E-state index contributed by atoms with van der Waals surface area (Å²) in [6, 6.07) is 17.0. The average Bonchev–Trinajstić information content (AvgIpc) is 3.23. The standard InChI is InChI=1S/C22H27N5.HI/c1-17-8-10-19(11-9-17)18(2)14-25-22(23-3)26-15-20-6-4-5-7-21(20)27-13-12-24-16-27;/h4-13,16,18H,14-15H2,1-3H3,(H2,23,25,26);1H. The number of nitrogens with one attached hydrogen (secondary N) is 2. The van der Waals surface area contributed by atoms with Crippen molar-refractivity contribution in [3.63, 3.8) is 0 Å². The number of hydrogen-bond acceptors (Lipinski definition) is 2. The van der Waals surface area contributed by atoms with Crippen LogP contribution < -0.4 is 10.6 Å². The Morgan fingerprint density at radius 1 is 1.11 bits per heavy atom. The van der Waals surface area contributed by atoms with E-state index in [1.807, 2.05) is 29.2 Å². The zero-order valence-corrected chi connectivity index (χ0v) is 18.9. The van der Waals surface area contributed by atoms with Crippen molar-refractivity contribution in [1.82, 2.24) is 20.2 Å². The van der Waals surface area contributed by atoms with E-state index in [2.05, 4.69) is 70.9 Å². The molecule has 2 aromatic carbocycles. The van der Waals surface area contributed by atoms with Gasteiger partial charge in [0, 0.05) is 32.5 Å². The first-order valence-corrected chi connectivity index (χ1v) is 9.24. The second-order valence-electron chi connectivity index (χ2n) is 6.72. The molecular weight excluding hydrogens is 461 g/mol. The number of aromatic nitrogens is 2. The van der Waals surface area contributed by atoms with Crippen molar-refractivity contribution in [3.05, 3.63) is 83.9 Å². The van der Waals surface area contributed by atoms with Crippen molar-refractivity contribution < 1.29 is 0 Å². The highest BCUT2D eigenvalue weighted by Crippen LogP contribution is 2.15. The number of rotatable bonds is 6. The Labute approximate surface area is 184 Å². The molecule has 0 saturated carbocycles. The molecule has 0 amide bonds. The van der Waals surface area contributed by atoms with Gasteiger partial charge in [0.2, 0.25) is 0 Å². The van der Waals surface area contributed by atoms with Gasteiger partial charge >= 0.3 is 0 Å². The molecule has 3 rings (SSSR count). The number of hydrogen-bond donors (Lipinski definition) is 2. The number of nitrogens with zero attached hydrogens (tertiary/aromatic N) is 3. The Morgan fingerprint density at radius 3 is 2.54 bits per heavy atom. The van der Waals surface area contributed by atoms with Crippen LogP contribution in [0, 0.1) is 6.92 Å². The van der Waals surface area contributed by atoms with Crippen LogP contribution in [0.4, 0.5) is 0 Å². The molecule has 1 atom stereocenters. The first kappa shape index (κ1) is 21.9. The van der Waals surface area contributed by atoms with Crippen LogP contribution in [0.3, 0.4) is 0 Å². The molecule has 1 aromatic heterocycles. The summed E-state index contributed by atoms with van der Waals surface area (Å²) in [5.74, 6) is 1.21. The Hall–Kier alpha value is -2.35. The van der Waals surface area contributed by atoms with Crippen LogP contribution in [0.2, 0.25) is 0 Å². The summed E-state index contributed by atoms with van der Waals surface area (Å²) in [5.41, 5.74) is 4.91. The molecule has 3 aromatic rings. The number of aliphatic imine (C=N–C) groups is 1. The van der Waals surface area contributed by atoms with E-state index in [1.165, 1.54) is 16.7 Å². The van der Waals surface area contributed by atoms with Crippen molar-refractivity contribution in [2.24, 2.45) is 4.99 Å². The smallest absolute Gasteiger partial charge is 0.191 e. The van der Waals surface area contributed by atoms with Gasteiger partial charge < -0.3 is 15.2 Å². The normalized spacial score (nSPS) is 12.2. The lowest BCUT2D eigenvalue weighted by Crippen LogP contribution is -2.38. The van der Waals surface area contributed by atoms with E-state index in [-0.39, 0.29) is 24.0 Å². The summed E-state index contributed by atoms with van der Waals surface area (Å²) in [4.78, 5) is 8.49. The fourth-order valence-electron chi connectivity index (χ4n) is 2.98. The van der Waals surface area contributed by atoms with Crippen LogP contribution in [-0.4, -0.2) is 29.1 Å². The zero-order valence-electron chi connectivity index (χ0n) is 16.6. The van der Waals surface area contributed by atoms with Crippen molar-refractivity contribution in [3.8, 4) is 5.69 Å². The molecular formula is C22H28IN5. The predicted octanol–water partition coefficient (Wildman–Crippen LogP) is 4.27. The van der Waals surface area contributed by atoms with E-state index in [0.717, 1.165) is 18.2 Å². The zero-order chi connectivity index (χ0) is 19.1. The van der Waals surface area contributed by atoms with Crippen LogP contribution in [0.5, 0.6) is 0 Å². The Balaban J connectivity index is 0.00000280. The summed E-state index contributed by atoms with van der Waals surface area (Å²) < 4.78 is 2.02. The number of aryl methyl sites for hydroxylation is 1. The third-order valence-electron chi connectivity index (χ3n) is 4.67. The third kappa shape index (κ3) is 5.82. The molecule has 6 heteroatoms. The lowest BCUT2D eigenvalue weighted by molar-refractivity contribution is 0.698. The Kier molecular flexibility index (Phi) is 8.50. The van der Waals surface area contributed by atoms with Gasteiger partial charge in [-0.3, -0.25) is 4.99 Å². The molecule has 148 valence electrons. The number of halogens is 1. The highest BCUT2D eigenvalue weighted by molar-refractivity contribution is 14.0. The Bertz CT molecular complexity index is 872. The van der Waals surface area contributed by atoms with Crippen LogP contribution >= 0.6 is 24.0 Å². The lowest BCUT2D eigenvalue weighted by atomic mass is 10.0. The summed E-state index contributed by atoms with van der Waals surface area (Å²) in [6.07, 6.45) is 5.56. The van der Waals surface area contributed by atoms with Crippen LogP contribution in [0.25, 0.3) is 5.69 Å². The van der Waals surface area contributed by atoms with E-state index in [1.54, 1.807) is 13.2 Å². The Morgan fingerprint density at radius 2 is 1.86 bits per heavy atom. The molecule has 0 radical (unpaired) electrons. The number of imidazole rings is 1. The van der Waals surface area contributed by atoms with Gasteiger partial charge in [-0.2, -0.15) is 0 Å². The highest BCUT2D eigenvalue weighted by Gasteiger charge is 2.08. The van der Waals surface area contributed by atoms with E-state index in [0.29, 0.717) is 12.5 Å². The SMILES string of the molecule is CN=C(NCc1ccccc1-n1ccnc1)NCC(C)c1ccc(C)cc1.I. The molecule has 1 unspecified atom stereocenters. The van der Waals surface area contributed by atoms with Crippen LogP contribution in [0.15, 0.2) is 72.2 Å². The molecule has 1 heterocycles. The number of para-hydroxylation sites is 1. The molecule has 0 aliphatic carbocycles. The van der Waals surface area contributed by atoms with E-state index in [4.69, 9.17) is 0 Å². The maximum Gasteiger partial charge on any atom is 0.191 e. The second-order valence-corrected chi connectivity index (χ2v) is 6.72. The molecule has 28 heavy (non-hydrogen) atoms. The van der Waals surface area contributed by atoms with Crippen molar-refractivity contribution in [2.75, 3.05) is 13.6 Å².